The Morgan fingerprint density at radius 1 is 0.259 bits per heavy atom. The highest BCUT2D eigenvalue weighted by atomic mass is 16.6. The van der Waals surface area contributed by atoms with E-state index < -0.39 is 6.10 Å². The van der Waals surface area contributed by atoms with E-state index in [2.05, 4.69) is 118 Å². The molecule has 0 saturated carbocycles. The molecule has 0 aromatic rings. The average molecular weight is 1130 g/mol. The van der Waals surface area contributed by atoms with Crippen molar-refractivity contribution in [2.45, 2.75) is 348 Å². The fourth-order valence-corrected chi connectivity index (χ4v) is 9.88. The van der Waals surface area contributed by atoms with E-state index in [4.69, 9.17) is 14.2 Å². The standard InChI is InChI=1S/C75H130O6/c1-4-7-10-13-16-19-22-25-28-29-30-31-32-33-34-35-36-37-38-39-40-41-42-43-44-45-46-47-48-51-53-56-59-62-65-68-74(77)80-71-72(81-75(78)69-66-63-60-57-54-50-27-24-21-18-15-12-9-6-3)70-79-73(76)67-64-61-58-55-52-49-26-23-20-17-14-11-8-5-2/h7,10,15-16,18-19,24-25,27-28,30-31,33-34,36-37,72H,4-6,8-9,11-14,17,20-23,26,29,32,35,38-71H2,1-3H3/b10-7-,18-15-,19-16-,27-24-,28-25-,31-30-,34-33-,37-36-. The monoisotopic (exact) mass is 1130 g/mol. The maximum atomic E-state index is 12.9. The van der Waals surface area contributed by atoms with Crippen LogP contribution in [-0.2, 0) is 28.6 Å². The Hall–Kier alpha value is -3.67. The van der Waals surface area contributed by atoms with Crippen LogP contribution in [0.2, 0.25) is 0 Å². The van der Waals surface area contributed by atoms with Crippen molar-refractivity contribution in [1.82, 2.24) is 0 Å². The molecule has 0 amide bonds. The SMILES string of the molecule is CC/C=C\C/C=C\C/C=C\C/C=C\C/C=C\C/C=C\CCCCCCCCCCCCCCCCCCC(=O)OCC(COC(=O)CCCCCCCCCCCCCCCC)OC(=O)CCCCCCC/C=C\C/C=C\CCCC. The van der Waals surface area contributed by atoms with Crippen LogP contribution in [0.15, 0.2) is 97.2 Å². The first-order valence-corrected chi connectivity index (χ1v) is 34.7. The van der Waals surface area contributed by atoms with Gasteiger partial charge in [-0.1, -0.05) is 323 Å². The molecule has 0 rings (SSSR count). The number of hydrogen-bond acceptors (Lipinski definition) is 6. The van der Waals surface area contributed by atoms with Gasteiger partial charge in [0.15, 0.2) is 6.10 Å². The van der Waals surface area contributed by atoms with Crippen LogP contribution in [0.5, 0.6) is 0 Å². The zero-order valence-electron chi connectivity index (χ0n) is 53.5. The number of carbonyl (C=O) groups is 3. The van der Waals surface area contributed by atoms with E-state index >= 15 is 0 Å². The van der Waals surface area contributed by atoms with Crippen LogP contribution in [0.1, 0.15) is 342 Å². The molecule has 6 heteroatoms. The zero-order valence-corrected chi connectivity index (χ0v) is 53.5. The molecule has 0 heterocycles. The van der Waals surface area contributed by atoms with Gasteiger partial charge in [0.25, 0.3) is 0 Å². The summed E-state index contributed by atoms with van der Waals surface area (Å²) in [5.41, 5.74) is 0. The van der Waals surface area contributed by atoms with Crippen LogP contribution in [0, 0.1) is 0 Å². The highest BCUT2D eigenvalue weighted by Crippen LogP contribution is 2.17. The van der Waals surface area contributed by atoms with Gasteiger partial charge in [-0.05, 0) is 96.3 Å². The Balaban J connectivity index is 4.13. The minimum atomic E-state index is -0.782. The van der Waals surface area contributed by atoms with E-state index in [-0.39, 0.29) is 31.1 Å². The first kappa shape index (κ1) is 77.3. The molecule has 466 valence electrons. The van der Waals surface area contributed by atoms with Gasteiger partial charge in [-0.3, -0.25) is 14.4 Å². The third-order valence-corrected chi connectivity index (χ3v) is 15.1. The molecule has 0 aromatic heterocycles. The van der Waals surface area contributed by atoms with Crippen molar-refractivity contribution in [1.29, 1.82) is 0 Å². The van der Waals surface area contributed by atoms with Crippen LogP contribution in [0.3, 0.4) is 0 Å². The summed E-state index contributed by atoms with van der Waals surface area (Å²) in [6.45, 7) is 6.51. The average Bonchev–Trinajstić information content (AvgIpc) is 3.47. The van der Waals surface area contributed by atoms with Gasteiger partial charge in [-0.2, -0.15) is 0 Å². The van der Waals surface area contributed by atoms with E-state index in [9.17, 15) is 14.4 Å². The lowest BCUT2D eigenvalue weighted by Crippen LogP contribution is -2.30. The van der Waals surface area contributed by atoms with Crippen LogP contribution in [0.4, 0.5) is 0 Å². The van der Waals surface area contributed by atoms with Gasteiger partial charge >= 0.3 is 17.9 Å². The fourth-order valence-electron chi connectivity index (χ4n) is 9.88. The van der Waals surface area contributed by atoms with Gasteiger partial charge in [0.2, 0.25) is 0 Å². The van der Waals surface area contributed by atoms with Crippen LogP contribution < -0.4 is 0 Å². The Bertz CT molecular complexity index is 1580. The molecular formula is C75H130O6. The molecule has 0 aliphatic rings. The highest BCUT2D eigenvalue weighted by Gasteiger charge is 2.19. The number of esters is 3. The normalized spacial score (nSPS) is 12.7. The maximum Gasteiger partial charge on any atom is 0.306 e. The Morgan fingerprint density at radius 3 is 0.790 bits per heavy atom. The van der Waals surface area contributed by atoms with Crippen molar-refractivity contribution >= 4 is 17.9 Å². The van der Waals surface area contributed by atoms with E-state index in [0.717, 1.165) is 122 Å². The summed E-state index contributed by atoms with van der Waals surface area (Å²) in [7, 11) is 0. The number of unbranched alkanes of at least 4 members (excludes halogenated alkanes) is 36. The van der Waals surface area contributed by atoms with E-state index in [1.165, 1.54) is 180 Å². The van der Waals surface area contributed by atoms with Crippen molar-refractivity contribution < 1.29 is 28.6 Å². The van der Waals surface area contributed by atoms with Crippen molar-refractivity contribution in [3.8, 4) is 0 Å². The van der Waals surface area contributed by atoms with Crippen LogP contribution >= 0.6 is 0 Å². The Morgan fingerprint density at radius 2 is 0.494 bits per heavy atom. The van der Waals surface area contributed by atoms with E-state index in [1.807, 2.05) is 0 Å². The topological polar surface area (TPSA) is 78.9 Å². The summed E-state index contributed by atoms with van der Waals surface area (Å²) in [6.07, 6.45) is 92.9. The molecule has 6 nitrogen and oxygen atoms in total. The summed E-state index contributed by atoms with van der Waals surface area (Å²) < 4.78 is 16.9. The second-order valence-electron chi connectivity index (χ2n) is 23.1. The van der Waals surface area contributed by atoms with Gasteiger partial charge in [-0.15, -0.1) is 0 Å². The zero-order chi connectivity index (χ0) is 58.5. The molecule has 0 bridgehead atoms. The molecule has 81 heavy (non-hydrogen) atoms. The highest BCUT2D eigenvalue weighted by molar-refractivity contribution is 5.71. The quantitative estimate of drug-likeness (QED) is 0.0261. The lowest BCUT2D eigenvalue weighted by Gasteiger charge is -2.18. The molecule has 0 spiro atoms. The van der Waals surface area contributed by atoms with Crippen molar-refractivity contribution in [3.63, 3.8) is 0 Å². The summed E-state index contributed by atoms with van der Waals surface area (Å²) in [5.74, 6) is -0.875. The Kier molecular flexibility index (Phi) is 65.7. The number of rotatable bonds is 63. The summed E-state index contributed by atoms with van der Waals surface area (Å²) in [4.78, 5) is 38.3. The second kappa shape index (κ2) is 68.8. The van der Waals surface area contributed by atoms with E-state index in [1.54, 1.807) is 0 Å². The molecule has 0 aromatic carbocycles. The van der Waals surface area contributed by atoms with Gasteiger partial charge in [0.1, 0.15) is 13.2 Å². The van der Waals surface area contributed by atoms with Gasteiger partial charge in [-0.25, -0.2) is 0 Å². The van der Waals surface area contributed by atoms with Crippen molar-refractivity contribution in [2.24, 2.45) is 0 Å². The number of hydrogen-bond donors (Lipinski definition) is 0. The maximum absolute atomic E-state index is 12.9. The fraction of sp³-hybridized carbons (Fsp3) is 0.747. The van der Waals surface area contributed by atoms with Crippen molar-refractivity contribution in [3.05, 3.63) is 97.2 Å². The molecule has 0 saturated heterocycles. The third-order valence-electron chi connectivity index (χ3n) is 15.1. The number of ether oxygens (including phenoxy) is 3. The van der Waals surface area contributed by atoms with E-state index in [0.29, 0.717) is 19.3 Å². The third kappa shape index (κ3) is 67.0. The van der Waals surface area contributed by atoms with Crippen LogP contribution in [0.25, 0.3) is 0 Å². The number of carbonyl (C=O) groups excluding carboxylic acids is 3. The molecule has 0 N–H and O–H groups in total. The lowest BCUT2D eigenvalue weighted by molar-refractivity contribution is -0.167. The summed E-state index contributed by atoms with van der Waals surface area (Å²) in [5, 5.41) is 0. The predicted octanol–water partition coefficient (Wildman–Crippen LogP) is 24.0. The first-order chi connectivity index (χ1) is 40.0. The molecule has 0 aliphatic heterocycles. The summed E-state index contributed by atoms with van der Waals surface area (Å²) >= 11 is 0. The molecule has 0 fully saturated rings. The van der Waals surface area contributed by atoms with Gasteiger partial charge in [0, 0.05) is 19.3 Å². The van der Waals surface area contributed by atoms with Crippen molar-refractivity contribution in [2.75, 3.05) is 13.2 Å². The smallest absolute Gasteiger partial charge is 0.306 e. The largest absolute Gasteiger partial charge is 0.462 e. The summed E-state index contributed by atoms with van der Waals surface area (Å²) in [6, 6.07) is 0. The molecule has 0 radical (unpaired) electrons. The second-order valence-corrected chi connectivity index (χ2v) is 23.1. The van der Waals surface area contributed by atoms with Gasteiger partial charge in [0.05, 0.1) is 0 Å². The minimum Gasteiger partial charge on any atom is -0.462 e. The van der Waals surface area contributed by atoms with Crippen LogP contribution in [-0.4, -0.2) is 37.2 Å². The van der Waals surface area contributed by atoms with Gasteiger partial charge < -0.3 is 14.2 Å². The molecule has 1 unspecified atom stereocenters. The minimum absolute atomic E-state index is 0.0776. The first-order valence-electron chi connectivity index (χ1n) is 34.7. The molecule has 1 atom stereocenters. The lowest BCUT2D eigenvalue weighted by atomic mass is 10.0. The number of allylic oxidation sites excluding steroid dienone is 16. The molecular weight excluding hydrogens is 997 g/mol. The predicted molar refractivity (Wildman–Crippen MR) is 353 cm³/mol. The Labute approximate surface area is 502 Å². The molecule has 0 aliphatic carbocycles.